The van der Waals surface area contributed by atoms with Crippen molar-refractivity contribution in [3.8, 4) is 11.5 Å². The van der Waals surface area contributed by atoms with Crippen molar-refractivity contribution in [3.05, 3.63) is 53.6 Å². The van der Waals surface area contributed by atoms with Crippen molar-refractivity contribution < 1.29 is 14.3 Å². The molecule has 0 unspecified atom stereocenters. The normalized spacial score (nSPS) is 13.7. The predicted molar refractivity (Wildman–Crippen MR) is 93.7 cm³/mol. The molecule has 5 heteroatoms. The molecule has 0 fully saturated rings. The van der Waals surface area contributed by atoms with Gasteiger partial charge in [-0.15, -0.1) is 0 Å². The highest BCUT2D eigenvalue weighted by Gasteiger charge is 2.16. The van der Waals surface area contributed by atoms with Gasteiger partial charge in [-0.3, -0.25) is 0 Å². The van der Waals surface area contributed by atoms with Crippen molar-refractivity contribution in [2.45, 2.75) is 32.7 Å². The monoisotopic (exact) mass is 326 g/mol. The molecule has 0 saturated heterocycles. The molecule has 1 aliphatic rings. The highest BCUT2D eigenvalue weighted by atomic mass is 16.7. The SMILES string of the molecule is CC(C)c1ccc(NC(=O)N[C@H](C)c2ccc3c(c2)OCO3)cc1. The molecular formula is C19H22N2O3. The van der Waals surface area contributed by atoms with E-state index < -0.39 is 0 Å². The second kappa shape index (κ2) is 6.83. The number of nitrogens with one attached hydrogen (secondary N) is 2. The van der Waals surface area contributed by atoms with Crippen molar-refractivity contribution in [2.24, 2.45) is 0 Å². The fourth-order valence-electron chi connectivity index (χ4n) is 2.58. The molecule has 3 rings (SSSR count). The number of ether oxygens (including phenoxy) is 2. The summed E-state index contributed by atoms with van der Waals surface area (Å²) in [5, 5.41) is 5.78. The van der Waals surface area contributed by atoms with E-state index in [1.54, 1.807) is 0 Å². The first-order valence-electron chi connectivity index (χ1n) is 8.10. The average Bonchev–Trinajstić information content (AvgIpc) is 3.02. The maximum Gasteiger partial charge on any atom is 0.319 e. The fourth-order valence-corrected chi connectivity index (χ4v) is 2.58. The minimum Gasteiger partial charge on any atom is -0.454 e. The minimum absolute atomic E-state index is 0.144. The first kappa shape index (κ1) is 16.2. The van der Waals surface area contributed by atoms with E-state index in [1.165, 1.54) is 5.56 Å². The van der Waals surface area contributed by atoms with E-state index >= 15 is 0 Å². The largest absolute Gasteiger partial charge is 0.454 e. The molecule has 0 aromatic heterocycles. The molecule has 1 heterocycles. The molecule has 24 heavy (non-hydrogen) atoms. The van der Waals surface area contributed by atoms with Crippen LogP contribution in [0.15, 0.2) is 42.5 Å². The maximum absolute atomic E-state index is 12.2. The van der Waals surface area contributed by atoms with Gasteiger partial charge in [-0.1, -0.05) is 32.0 Å². The highest BCUT2D eigenvalue weighted by molar-refractivity contribution is 5.89. The van der Waals surface area contributed by atoms with Gasteiger partial charge in [0.2, 0.25) is 6.79 Å². The molecule has 2 aromatic rings. The van der Waals surface area contributed by atoms with Gasteiger partial charge in [-0.25, -0.2) is 4.79 Å². The third-order valence-electron chi connectivity index (χ3n) is 4.08. The molecule has 126 valence electrons. The average molecular weight is 326 g/mol. The van der Waals surface area contributed by atoms with Gasteiger partial charge >= 0.3 is 6.03 Å². The number of carbonyl (C=O) groups excluding carboxylic acids is 1. The van der Waals surface area contributed by atoms with Crippen molar-refractivity contribution >= 4 is 11.7 Å². The molecule has 0 spiro atoms. The quantitative estimate of drug-likeness (QED) is 0.874. The summed E-state index contributed by atoms with van der Waals surface area (Å²) in [5.41, 5.74) is 2.98. The highest BCUT2D eigenvalue weighted by Crippen LogP contribution is 2.34. The molecule has 5 nitrogen and oxygen atoms in total. The van der Waals surface area contributed by atoms with Crippen LogP contribution in [0.1, 0.15) is 43.9 Å². The fraction of sp³-hybridized carbons (Fsp3) is 0.316. The lowest BCUT2D eigenvalue weighted by atomic mass is 10.0. The summed E-state index contributed by atoms with van der Waals surface area (Å²) in [6, 6.07) is 13.2. The second-order valence-electron chi connectivity index (χ2n) is 6.21. The third-order valence-corrected chi connectivity index (χ3v) is 4.08. The van der Waals surface area contributed by atoms with Crippen LogP contribution < -0.4 is 20.1 Å². The lowest BCUT2D eigenvalue weighted by Crippen LogP contribution is -2.31. The number of hydrogen-bond acceptors (Lipinski definition) is 3. The smallest absolute Gasteiger partial charge is 0.319 e. The molecule has 2 amide bonds. The zero-order chi connectivity index (χ0) is 17.1. The number of anilines is 1. The zero-order valence-electron chi connectivity index (χ0n) is 14.1. The van der Waals surface area contributed by atoms with Crippen LogP contribution in [0.25, 0.3) is 0 Å². The van der Waals surface area contributed by atoms with Crippen molar-refractivity contribution in [1.29, 1.82) is 0 Å². The lowest BCUT2D eigenvalue weighted by Gasteiger charge is -2.16. The molecule has 0 aliphatic carbocycles. The summed E-state index contributed by atoms with van der Waals surface area (Å²) in [7, 11) is 0. The van der Waals surface area contributed by atoms with Gasteiger partial charge in [0, 0.05) is 5.69 Å². The van der Waals surface area contributed by atoms with Crippen molar-refractivity contribution in [3.63, 3.8) is 0 Å². The number of benzene rings is 2. The van der Waals surface area contributed by atoms with Gasteiger partial charge < -0.3 is 20.1 Å². The van der Waals surface area contributed by atoms with Gasteiger partial charge in [-0.2, -0.15) is 0 Å². The Balaban J connectivity index is 1.59. The van der Waals surface area contributed by atoms with Crippen LogP contribution in [0.3, 0.4) is 0 Å². The molecule has 1 atom stereocenters. The van der Waals surface area contributed by atoms with E-state index in [-0.39, 0.29) is 18.9 Å². The Labute approximate surface area is 142 Å². The summed E-state index contributed by atoms with van der Waals surface area (Å²) >= 11 is 0. The van der Waals surface area contributed by atoms with E-state index in [2.05, 4.69) is 24.5 Å². The standard InChI is InChI=1S/C19H22N2O3/c1-12(2)14-4-7-16(8-5-14)21-19(22)20-13(3)15-6-9-17-18(10-15)24-11-23-17/h4-10,12-13H,11H2,1-3H3,(H2,20,21,22)/t13-/m1/s1. The molecule has 0 bridgehead atoms. The maximum atomic E-state index is 12.2. The van der Waals surface area contributed by atoms with Crippen LogP contribution in [0, 0.1) is 0 Å². The second-order valence-corrected chi connectivity index (χ2v) is 6.21. The van der Waals surface area contributed by atoms with Gasteiger partial charge in [0.05, 0.1) is 6.04 Å². The molecule has 1 aliphatic heterocycles. The van der Waals surface area contributed by atoms with E-state index in [9.17, 15) is 4.79 Å². The topological polar surface area (TPSA) is 59.6 Å². The van der Waals surface area contributed by atoms with E-state index in [0.29, 0.717) is 11.7 Å². The molecular weight excluding hydrogens is 304 g/mol. The van der Waals surface area contributed by atoms with Gasteiger partial charge in [0.15, 0.2) is 11.5 Å². The number of hydrogen-bond donors (Lipinski definition) is 2. The number of carbonyl (C=O) groups is 1. The van der Waals surface area contributed by atoms with Crippen LogP contribution in [0.2, 0.25) is 0 Å². The molecule has 2 aromatic carbocycles. The minimum atomic E-state index is -0.238. The number of rotatable bonds is 4. The lowest BCUT2D eigenvalue weighted by molar-refractivity contribution is 0.174. The van der Waals surface area contributed by atoms with Gasteiger partial charge in [0.1, 0.15) is 0 Å². The molecule has 2 N–H and O–H groups in total. The Morgan fingerprint density at radius 3 is 2.33 bits per heavy atom. The van der Waals surface area contributed by atoms with E-state index in [4.69, 9.17) is 9.47 Å². The summed E-state index contributed by atoms with van der Waals surface area (Å²) in [4.78, 5) is 12.2. The number of amides is 2. The zero-order valence-corrected chi connectivity index (χ0v) is 14.1. The van der Waals surface area contributed by atoms with E-state index in [0.717, 1.165) is 17.0 Å². The molecule has 0 radical (unpaired) electrons. The Bertz CT molecular complexity index is 726. The first-order chi connectivity index (χ1) is 11.5. The van der Waals surface area contributed by atoms with Gasteiger partial charge in [0.25, 0.3) is 0 Å². The van der Waals surface area contributed by atoms with E-state index in [1.807, 2.05) is 49.4 Å². The van der Waals surface area contributed by atoms with Crippen LogP contribution in [0.5, 0.6) is 11.5 Å². The third kappa shape index (κ3) is 3.62. The summed E-state index contributed by atoms with van der Waals surface area (Å²) in [6.45, 7) is 6.46. The summed E-state index contributed by atoms with van der Waals surface area (Å²) in [5.74, 6) is 1.92. The Kier molecular flexibility index (Phi) is 4.60. The van der Waals surface area contributed by atoms with Crippen LogP contribution >= 0.6 is 0 Å². The Morgan fingerprint density at radius 1 is 0.958 bits per heavy atom. The van der Waals surface area contributed by atoms with Gasteiger partial charge in [-0.05, 0) is 48.2 Å². The Morgan fingerprint density at radius 2 is 1.62 bits per heavy atom. The van der Waals surface area contributed by atoms with Crippen LogP contribution in [-0.2, 0) is 0 Å². The number of urea groups is 1. The number of fused-ring (bicyclic) bond motifs is 1. The van der Waals surface area contributed by atoms with Crippen LogP contribution in [-0.4, -0.2) is 12.8 Å². The first-order valence-corrected chi connectivity index (χ1v) is 8.10. The van der Waals surface area contributed by atoms with Crippen molar-refractivity contribution in [2.75, 3.05) is 12.1 Å². The summed E-state index contributed by atoms with van der Waals surface area (Å²) < 4.78 is 10.7. The summed E-state index contributed by atoms with van der Waals surface area (Å²) in [6.07, 6.45) is 0. The Hall–Kier alpha value is -2.69. The predicted octanol–water partition coefficient (Wildman–Crippen LogP) is 4.42. The van der Waals surface area contributed by atoms with Crippen molar-refractivity contribution in [1.82, 2.24) is 5.32 Å². The molecule has 0 saturated carbocycles. The van der Waals surface area contributed by atoms with Crippen LogP contribution in [0.4, 0.5) is 10.5 Å².